The monoisotopic (exact) mass is 172 g/mol. The van der Waals surface area contributed by atoms with Crippen molar-refractivity contribution < 1.29 is 0 Å². The van der Waals surface area contributed by atoms with Crippen LogP contribution in [0.3, 0.4) is 0 Å². The molecule has 0 aromatic rings. The first-order valence-corrected chi connectivity index (χ1v) is 4.13. The third kappa shape index (κ3) is 5.85. The Morgan fingerprint density at radius 3 is 2.27 bits per heavy atom. The van der Waals surface area contributed by atoms with Gasteiger partial charge >= 0.3 is 0 Å². The third-order valence-corrected chi connectivity index (χ3v) is 1.65. The first kappa shape index (κ1) is 10.4. The van der Waals surface area contributed by atoms with Gasteiger partial charge in [-0.25, -0.2) is 0 Å². The molecule has 0 amide bonds. The smallest absolute Gasteiger partial charge is 0.0965 e. The Kier molecular flexibility index (Phi) is 4.86. The lowest BCUT2D eigenvalue weighted by molar-refractivity contribution is 0.754. The molecule has 0 unspecified atom stereocenters. The highest BCUT2D eigenvalue weighted by molar-refractivity contribution is 7.80. The van der Waals surface area contributed by atoms with Crippen LogP contribution in [0.1, 0.15) is 27.7 Å². The maximum Gasteiger partial charge on any atom is 0.0965 e. The molecule has 0 saturated heterocycles. The van der Waals surface area contributed by atoms with Gasteiger partial charge in [0.15, 0.2) is 0 Å². The van der Waals surface area contributed by atoms with Crippen LogP contribution in [-0.4, -0.2) is 4.99 Å². The summed E-state index contributed by atoms with van der Waals surface area (Å²) >= 11 is 5.03. The zero-order valence-corrected chi connectivity index (χ0v) is 8.38. The number of allylic oxidation sites excluding steroid dienone is 1. The van der Waals surface area contributed by atoms with Crippen molar-refractivity contribution in [1.29, 1.82) is 0 Å². The highest BCUT2D eigenvalue weighted by atomic mass is 32.1. The largest absolute Gasteiger partial charge is 0.308 e. The molecular weight excluding hydrogens is 156 g/mol. The number of hydrazine groups is 1. The number of thiocarbonyl (C=S) groups is 1. The number of hydrogen-bond donors (Lipinski definition) is 2. The number of nitrogens with one attached hydrogen (secondary N) is 2. The molecule has 2 nitrogen and oxygen atoms in total. The number of rotatable bonds is 3. The van der Waals surface area contributed by atoms with Crippen molar-refractivity contribution in [2.75, 3.05) is 0 Å². The molecule has 11 heavy (non-hydrogen) atoms. The standard InChI is InChI=1S/C8H16N2S/c1-6(2)5-9-10-8(11)7(3)4/h5,7,9H,1-4H3,(H,10,11). The molecule has 0 bridgehead atoms. The van der Waals surface area contributed by atoms with Crippen LogP contribution in [-0.2, 0) is 0 Å². The maximum absolute atomic E-state index is 5.03. The van der Waals surface area contributed by atoms with Gasteiger partial charge in [-0.2, -0.15) is 0 Å². The summed E-state index contributed by atoms with van der Waals surface area (Å²) < 4.78 is 0. The van der Waals surface area contributed by atoms with E-state index >= 15 is 0 Å². The Labute approximate surface area is 74.0 Å². The van der Waals surface area contributed by atoms with E-state index in [0.29, 0.717) is 5.92 Å². The summed E-state index contributed by atoms with van der Waals surface area (Å²) in [5.41, 5.74) is 7.04. The van der Waals surface area contributed by atoms with Gasteiger partial charge in [0.25, 0.3) is 0 Å². The summed E-state index contributed by atoms with van der Waals surface area (Å²) in [6.07, 6.45) is 1.88. The van der Waals surface area contributed by atoms with E-state index in [2.05, 4.69) is 24.7 Å². The van der Waals surface area contributed by atoms with E-state index in [9.17, 15) is 0 Å². The van der Waals surface area contributed by atoms with Gasteiger partial charge in [-0.05, 0) is 13.8 Å². The molecule has 0 aromatic carbocycles. The highest BCUT2D eigenvalue weighted by Gasteiger charge is 1.98. The van der Waals surface area contributed by atoms with Gasteiger partial charge in [-0.15, -0.1) is 0 Å². The Morgan fingerprint density at radius 2 is 1.91 bits per heavy atom. The second-order valence-corrected chi connectivity index (χ2v) is 3.45. The second-order valence-electron chi connectivity index (χ2n) is 3.01. The molecule has 0 rings (SSSR count). The molecule has 0 aliphatic rings. The van der Waals surface area contributed by atoms with Gasteiger partial charge < -0.3 is 5.43 Å². The molecule has 0 atom stereocenters. The van der Waals surface area contributed by atoms with Crippen LogP contribution in [0.4, 0.5) is 0 Å². The molecule has 0 radical (unpaired) electrons. The minimum atomic E-state index is 0.392. The summed E-state index contributed by atoms with van der Waals surface area (Å²) in [4.78, 5) is 0.836. The predicted molar refractivity (Wildman–Crippen MR) is 53.1 cm³/mol. The lowest BCUT2D eigenvalue weighted by Crippen LogP contribution is -2.35. The molecule has 0 saturated carbocycles. The van der Waals surface area contributed by atoms with Crippen LogP contribution in [0, 0.1) is 5.92 Å². The molecule has 2 N–H and O–H groups in total. The average molecular weight is 172 g/mol. The molecule has 0 spiro atoms. The molecule has 0 aromatic heterocycles. The Hall–Kier alpha value is -0.570. The van der Waals surface area contributed by atoms with Crippen molar-refractivity contribution in [2.45, 2.75) is 27.7 Å². The van der Waals surface area contributed by atoms with E-state index in [1.807, 2.05) is 20.0 Å². The zero-order chi connectivity index (χ0) is 8.85. The SMILES string of the molecule is CC(C)=CNNC(=S)C(C)C. The fraction of sp³-hybridized carbons (Fsp3) is 0.625. The minimum Gasteiger partial charge on any atom is -0.308 e. The Bertz CT molecular complexity index is 157. The van der Waals surface area contributed by atoms with Crippen molar-refractivity contribution >= 4 is 17.2 Å². The van der Waals surface area contributed by atoms with E-state index in [-0.39, 0.29) is 0 Å². The van der Waals surface area contributed by atoms with Crippen molar-refractivity contribution in [3.8, 4) is 0 Å². The van der Waals surface area contributed by atoms with Crippen molar-refractivity contribution in [3.05, 3.63) is 11.8 Å². The van der Waals surface area contributed by atoms with Crippen molar-refractivity contribution in [2.24, 2.45) is 5.92 Å². The third-order valence-electron chi connectivity index (χ3n) is 1.08. The van der Waals surface area contributed by atoms with Crippen LogP contribution in [0.25, 0.3) is 0 Å². The first-order valence-electron chi connectivity index (χ1n) is 3.72. The lowest BCUT2D eigenvalue weighted by atomic mass is 10.2. The molecule has 0 fully saturated rings. The van der Waals surface area contributed by atoms with Gasteiger partial charge in [0.1, 0.15) is 0 Å². The Morgan fingerprint density at radius 1 is 1.36 bits per heavy atom. The van der Waals surface area contributed by atoms with Gasteiger partial charge in [0, 0.05) is 12.1 Å². The summed E-state index contributed by atoms with van der Waals surface area (Å²) in [6, 6.07) is 0. The predicted octanol–water partition coefficient (Wildman–Crippen LogP) is 1.99. The number of hydrogen-bond acceptors (Lipinski definition) is 2. The second kappa shape index (κ2) is 5.13. The van der Waals surface area contributed by atoms with Crippen LogP contribution >= 0.6 is 12.2 Å². The summed E-state index contributed by atoms with van der Waals surface area (Å²) in [7, 11) is 0. The van der Waals surface area contributed by atoms with Crippen LogP contribution in [0.2, 0.25) is 0 Å². The normalized spacial score (nSPS) is 9.18. The molecule has 64 valence electrons. The van der Waals surface area contributed by atoms with Crippen molar-refractivity contribution in [3.63, 3.8) is 0 Å². The van der Waals surface area contributed by atoms with Crippen LogP contribution < -0.4 is 10.9 Å². The van der Waals surface area contributed by atoms with Gasteiger partial charge in [0.2, 0.25) is 0 Å². The van der Waals surface area contributed by atoms with Crippen molar-refractivity contribution in [1.82, 2.24) is 10.9 Å². The van der Waals surface area contributed by atoms with Gasteiger partial charge in [0.05, 0.1) is 4.99 Å². The minimum absolute atomic E-state index is 0.392. The molecular formula is C8H16N2S. The van der Waals surface area contributed by atoms with Crippen LogP contribution in [0.15, 0.2) is 11.8 Å². The maximum atomic E-state index is 5.03. The first-order chi connectivity index (χ1) is 5.04. The molecule has 0 aliphatic heterocycles. The Balaban J connectivity index is 3.56. The lowest BCUT2D eigenvalue weighted by Gasteiger charge is -2.09. The van der Waals surface area contributed by atoms with Crippen LogP contribution in [0.5, 0.6) is 0 Å². The highest BCUT2D eigenvalue weighted by Crippen LogP contribution is 1.92. The molecule has 0 heterocycles. The van der Waals surface area contributed by atoms with E-state index in [1.54, 1.807) is 0 Å². The zero-order valence-electron chi connectivity index (χ0n) is 7.56. The molecule has 3 heteroatoms. The van der Waals surface area contributed by atoms with E-state index in [4.69, 9.17) is 12.2 Å². The summed E-state index contributed by atoms with van der Waals surface area (Å²) in [6.45, 7) is 8.15. The van der Waals surface area contributed by atoms with E-state index < -0.39 is 0 Å². The molecule has 0 aliphatic carbocycles. The fourth-order valence-electron chi connectivity index (χ4n) is 0.396. The topological polar surface area (TPSA) is 24.1 Å². The fourth-order valence-corrected chi connectivity index (χ4v) is 0.455. The van der Waals surface area contributed by atoms with E-state index in [0.717, 1.165) is 4.99 Å². The van der Waals surface area contributed by atoms with E-state index in [1.165, 1.54) is 5.57 Å². The van der Waals surface area contributed by atoms with Gasteiger partial charge in [-0.1, -0.05) is 31.6 Å². The summed E-state index contributed by atoms with van der Waals surface area (Å²) in [5, 5.41) is 0. The van der Waals surface area contributed by atoms with Gasteiger partial charge in [-0.3, -0.25) is 5.43 Å². The quantitative estimate of drug-likeness (QED) is 0.503. The summed E-state index contributed by atoms with van der Waals surface area (Å²) in [5.74, 6) is 0.392. The average Bonchev–Trinajstić information content (AvgIpc) is 1.86.